The minimum Gasteiger partial charge on any atom is -0.497 e. The Bertz CT molecular complexity index is 698. The molecule has 22 heavy (non-hydrogen) atoms. The highest BCUT2D eigenvalue weighted by Crippen LogP contribution is 2.28. The number of carboxylic acids is 1. The first kappa shape index (κ1) is 15.8. The van der Waals surface area contributed by atoms with Gasteiger partial charge in [-0.05, 0) is 49.7 Å². The van der Waals surface area contributed by atoms with Crippen LogP contribution < -0.4 is 4.74 Å². The van der Waals surface area contributed by atoms with Crippen molar-refractivity contribution in [2.75, 3.05) is 7.11 Å². The molecule has 0 unspecified atom stereocenters. The van der Waals surface area contributed by atoms with Crippen LogP contribution in [0.2, 0.25) is 0 Å². The predicted octanol–water partition coefficient (Wildman–Crippen LogP) is 3.15. The Morgan fingerprint density at radius 2 is 1.86 bits per heavy atom. The largest absolute Gasteiger partial charge is 0.497 e. The summed E-state index contributed by atoms with van der Waals surface area (Å²) in [5.41, 5.74) is 3.17. The second-order valence-corrected chi connectivity index (χ2v) is 5.11. The maximum absolute atomic E-state index is 11.8. The Kier molecular flexibility index (Phi) is 4.65. The fourth-order valence-electron chi connectivity index (χ4n) is 2.50. The van der Waals surface area contributed by atoms with Gasteiger partial charge < -0.3 is 14.4 Å². The molecule has 0 radical (unpaired) electrons. The van der Waals surface area contributed by atoms with Crippen molar-refractivity contribution in [2.45, 2.75) is 26.8 Å². The number of ether oxygens (including phenoxy) is 1. The molecule has 5 heteroatoms. The highest BCUT2D eigenvalue weighted by atomic mass is 16.5. The average Bonchev–Trinajstić information content (AvgIpc) is 2.82. The Morgan fingerprint density at radius 1 is 1.23 bits per heavy atom. The molecule has 1 N–H and O–H groups in total. The fraction of sp³-hybridized carbons (Fsp3) is 0.294. The molecule has 1 aromatic heterocycles. The van der Waals surface area contributed by atoms with E-state index < -0.39 is 5.97 Å². The summed E-state index contributed by atoms with van der Waals surface area (Å²) >= 11 is 0. The van der Waals surface area contributed by atoms with E-state index in [0.29, 0.717) is 12.1 Å². The number of methoxy groups -OCH3 is 1. The number of benzene rings is 1. The number of hydrogen-bond acceptors (Lipinski definition) is 3. The van der Waals surface area contributed by atoms with Crippen LogP contribution in [-0.2, 0) is 11.3 Å². The molecule has 2 rings (SSSR count). The molecule has 5 nitrogen and oxygen atoms in total. The summed E-state index contributed by atoms with van der Waals surface area (Å²) in [5, 5.41) is 8.91. The van der Waals surface area contributed by atoms with E-state index >= 15 is 0 Å². The number of carbonyl (C=O) groups is 2. The van der Waals surface area contributed by atoms with Gasteiger partial charge in [0.25, 0.3) is 0 Å². The Labute approximate surface area is 129 Å². The number of nitrogens with zero attached hydrogens (tertiary/aromatic N) is 1. The molecule has 1 aromatic carbocycles. The van der Waals surface area contributed by atoms with Gasteiger partial charge in [-0.15, -0.1) is 0 Å². The lowest BCUT2D eigenvalue weighted by Gasteiger charge is -2.11. The van der Waals surface area contributed by atoms with Crippen LogP contribution in [0.5, 0.6) is 5.75 Å². The second-order valence-electron chi connectivity index (χ2n) is 5.11. The Morgan fingerprint density at radius 3 is 2.36 bits per heavy atom. The van der Waals surface area contributed by atoms with E-state index in [4.69, 9.17) is 9.84 Å². The number of Topliss-reactive ketones (excluding diaryl/α,β-unsaturated/α-hetero) is 1. The van der Waals surface area contributed by atoms with Crippen LogP contribution in [-0.4, -0.2) is 28.5 Å². The van der Waals surface area contributed by atoms with E-state index in [2.05, 4.69) is 0 Å². The number of aliphatic carboxylic acids is 1. The van der Waals surface area contributed by atoms with Gasteiger partial charge in [-0.2, -0.15) is 0 Å². The van der Waals surface area contributed by atoms with E-state index in [-0.39, 0.29) is 12.2 Å². The summed E-state index contributed by atoms with van der Waals surface area (Å²) in [6, 6.07) is 9.30. The fourth-order valence-corrected chi connectivity index (χ4v) is 2.50. The van der Waals surface area contributed by atoms with Gasteiger partial charge in [0.05, 0.1) is 13.5 Å². The number of carboxylic acid groups (broad SMARTS) is 1. The summed E-state index contributed by atoms with van der Waals surface area (Å²) in [5.74, 6) is -0.143. The molecule has 0 atom stereocenters. The molecule has 0 fully saturated rings. The second kappa shape index (κ2) is 6.47. The Hall–Kier alpha value is -2.56. The van der Waals surface area contributed by atoms with E-state index in [1.807, 2.05) is 41.8 Å². The van der Waals surface area contributed by atoms with Crippen LogP contribution >= 0.6 is 0 Å². The smallest absolute Gasteiger partial charge is 0.305 e. The van der Waals surface area contributed by atoms with E-state index in [1.165, 1.54) is 6.92 Å². The lowest BCUT2D eigenvalue weighted by molar-refractivity contribution is -0.137. The molecule has 0 saturated heterocycles. The molecule has 0 bridgehead atoms. The number of ketones is 1. The maximum Gasteiger partial charge on any atom is 0.305 e. The Balaban J connectivity index is 2.49. The molecule has 2 aromatic rings. The van der Waals surface area contributed by atoms with Gasteiger partial charge in [-0.3, -0.25) is 9.59 Å². The lowest BCUT2D eigenvalue weighted by atomic mass is 10.1. The van der Waals surface area contributed by atoms with Gasteiger partial charge >= 0.3 is 5.97 Å². The molecule has 0 aliphatic heterocycles. The van der Waals surface area contributed by atoms with Crippen molar-refractivity contribution < 1.29 is 19.4 Å². The summed E-state index contributed by atoms with van der Waals surface area (Å²) < 4.78 is 7.02. The standard InChI is InChI=1S/C17H19NO4/c1-11-15(12(2)19)10-16(18(11)9-8-17(20)21)13-4-6-14(22-3)7-5-13/h4-7,10H,8-9H2,1-3H3,(H,20,21). The lowest BCUT2D eigenvalue weighted by Crippen LogP contribution is -2.08. The summed E-state index contributed by atoms with van der Waals surface area (Å²) in [6.45, 7) is 3.68. The molecule has 116 valence electrons. The van der Waals surface area contributed by atoms with Gasteiger partial charge in [0.2, 0.25) is 0 Å². The minimum absolute atomic E-state index is 0.00994. The van der Waals surface area contributed by atoms with E-state index in [1.54, 1.807) is 7.11 Å². The minimum atomic E-state index is -0.863. The zero-order chi connectivity index (χ0) is 16.3. The molecule has 1 heterocycles. The van der Waals surface area contributed by atoms with Crippen LogP contribution in [0.15, 0.2) is 30.3 Å². The van der Waals surface area contributed by atoms with Crippen LogP contribution in [0.1, 0.15) is 29.4 Å². The maximum atomic E-state index is 11.8. The van der Waals surface area contributed by atoms with Gasteiger partial charge in [0.15, 0.2) is 5.78 Å². The van der Waals surface area contributed by atoms with Gasteiger partial charge in [0, 0.05) is 23.5 Å². The monoisotopic (exact) mass is 301 g/mol. The molecular weight excluding hydrogens is 282 g/mol. The average molecular weight is 301 g/mol. The first-order chi connectivity index (χ1) is 10.4. The highest BCUT2D eigenvalue weighted by Gasteiger charge is 2.16. The number of aromatic nitrogens is 1. The molecular formula is C17H19NO4. The van der Waals surface area contributed by atoms with Crippen LogP contribution in [0, 0.1) is 6.92 Å². The van der Waals surface area contributed by atoms with Crippen molar-refractivity contribution >= 4 is 11.8 Å². The third-order valence-corrected chi connectivity index (χ3v) is 3.68. The summed E-state index contributed by atoms with van der Waals surface area (Å²) in [7, 11) is 1.60. The SMILES string of the molecule is COc1ccc(-c2cc(C(C)=O)c(C)n2CCC(=O)O)cc1. The zero-order valence-corrected chi connectivity index (χ0v) is 12.9. The molecule has 0 saturated carbocycles. The van der Waals surface area contributed by atoms with Crippen LogP contribution in [0.4, 0.5) is 0 Å². The quantitative estimate of drug-likeness (QED) is 0.832. The van der Waals surface area contributed by atoms with Gasteiger partial charge in [0.1, 0.15) is 5.75 Å². The zero-order valence-electron chi connectivity index (χ0n) is 12.9. The topological polar surface area (TPSA) is 68.5 Å². The third kappa shape index (κ3) is 3.19. The van der Waals surface area contributed by atoms with Gasteiger partial charge in [-0.25, -0.2) is 0 Å². The molecule has 0 spiro atoms. The van der Waals surface area contributed by atoms with Crippen molar-refractivity contribution in [1.82, 2.24) is 4.57 Å². The van der Waals surface area contributed by atoms with Crippen molar-refractivity contribution in [3.63, 3.8) is 0 Å². The van der Waals surface area contributed by atoms with Gasteiger partial charge in [-0.1, -0.05) is 0 Å². The van der Waals surface area contributed by atoms with Crippen molar-refractivity contribution in [2.24, 2.45) is 0 Å². The number of rotatable bonds is 6. The molecule has 0 aliphatic carbocycles. The van der Waals surface area contributed by atoms with E-state index in [9.17, 15) is 9.59 Å². The number of hydrogen-bond donors (Lipinski definition) is 1. The molecule has 0 amide bonds. The van der Waals surface area contributed by atoms with Crippen molar-refractivity contribution in [1.29, 1.82) is 0 Å². The van der Waals surface area contributed by atoms with Crippen LogP contribution in [0.25, 0.3) is 11.3 Å². The number of carbonyl (C=O) groups excluding carboxylic acids is 1. The summed E-state index contributed by atoms with van der Waals surface area (Å²) in [6.07, 6.45) is 0.00994. The first-order valence-electron chi connectivity index (χ1n) is 7.01. The van der Waals surface area contributed by atoms with E-state index in [0.717, 1.165) is 22.7 Å². The predicted molar refractivity (Wildman–Crippen MR) is 83.4 cm³/mol. The van der Waals surface area contributed by atoms with Crippen molar-refractivity contribution in [3.05, 3.63) is 41.6 Å². The highest BCUT2D eigenvalue weighted by molar-refractivity contribution is 5.96. The molecule has 0 aliphatic rings. The summed E-state index contributed by atoms with van der Waals surface area (Å²) in [4.78, 5) is 22.6. The normalized spacial score (nSPS) is 10.5. The van der Waals surface area contributed by atoms with Crippen LogP contribution in [0.3, 0.4) is 0 Å². The van der Waals surface area contributed by atoms with Crippen molar-refractivity contribution in [3.8, 4) is 17.0 Å². The third-order valence-electron chi connectivity index (χ3n) is 3.68. The first-order valence-corrected chi connectivity index (χ1v) is 7.01.